The molecule has 1 N–H and O–H groups in total. The molecule has 16 heavy (non-hydrogen) atoms. The van der Waals surface area contributed by atoms with Gasteiger partial charge in [0.2, 0.25) is 0 Å². The first-order valence-corrected chi connectivity index (χ1v) is 4.41. The molecular weight excluding hydrogens is 215 g/mol. The lowest BCUT2D eigenvalue weighted by Crippen LogP contribution is -1.96. The van der Waals surface area contributed by atoms with Gasteiger partial charge in [-0.2, -0.15) is 0 Å². The molecule has 1 rings (SSSR count). The number of rotatable bonds is 4. The highest BCUT2D eigenvalue weighted by molar-refractivity contribution is 5.86. The number of halogens is 1. The molecular formula is C11H11FO4. The van der Waals surface area contributed by atoms with Crippen molar-refractivity contribution in [2.24, 2.45) is 0 Å². The second kappa shape index (κ2) is 5.16. The number of carboxylic acids is 1. The normalized spacial score (nSPS) is 10.4. The maximum absolute atomic E-state index is 13.3. The van der Waals surface area contributed by atoms with E-state index in [1.165, 1.54) is 32.4 Å². The van der Waals surface area contributed by atoms with Gasteiger partial charge in [0.15, 0.2) is 11.6 Å². The maximum atomic E-state index is 13.3. The predicted octanol–water partition coefficient (Wildman–Crippen LogP) is 1.94. The molecule has 1 aromatic rings. The van der Waals surface area contributed by atoms with Gasteiger partial charge in [0.05, 0.1) is 19.8 Å². The summed E-state index contributed by atoms with van der Waals surface area (Å²) < 4.78 is 23.2. The molecule has 0 saturated carbocycles. The van der Waals surface area contributed by atoms with Crippen molar-refractivity contribution in [2.45, 2.75) is 0 Å². The summed E-state index contributed by atoms with van der Waals surface area (Å²) >= 11 is 0. The topological polar surface area (TPSA) is 55.8 Å². The Bertz CT molecular complexity index is 426. The minimum absolute atomic E-state index is 0.0446. The zero-order valence-corrected chi connectivity index (χ0v) is 8.86. The van der Waals surface area contributed by atoms with Crippen LogP contribution in [0.3, 0.4) is 0 Å². The number of ether oxygens (including phenoxy) is 2. The van der Waals surface area contributed by atoms with Crippen LogP contribution in [0, 0.1) is 5.82 Å². The van der Waals surface area contributed by atoms with Gasteiger partial charge in [0.25, 0.3) is 0 Å². The third-order valence-corrected chi connectivity index (χ3v) is 1.92. The highest BCUT2D eigenvalue weighted by atomic mass is 19.1. The SMILES string of the molecule is COc1ccc(F)c(OC)c1/C=C/C(=O)O. The summed E-state index contributed by atoms with van der Waals surface area (Å²) in [7, 11) is 2.71. The molecule has 0 atom stereocenters. The number of benzene rings is 1. The van der Waals surface area contributed by atoms with Crippen LogP contribution in [0.5, 0.6) is 11.5 Å². The van der Waals surface area contributed by atoms with Gasteiger partial charge in [-0.15, -0.1) is 0 Å². The fourth-order valence-electron chi connectivity index (χ4n) is 1.25. The zero-order chi connectivity index (χ0) is 12.1. The van der Waals surface area contributed by atoms with Crippen LogP contribution >= 0.6 is 0 Å². The number of aliphatic carboxylic acids is 1. The van der Waals surface area contributed by atoms with E-state index >= 15 is 0 Å². The Kier molecular flexibility index (Phi) is 3.88. The average molecular weight is 226 g/mol. The average Bonchev–Trinajstić information content (AvgIpc) is 2.26. The molecule has 0 fully saturated rings. The van der Waals surface area contributed by atoms with Crippen LogP contribution in [0.15, 0.2) is 18.2 Å². The van der Waals surface area contributed by atoms with E-state index in [1.807, 2.05) is 0 Å². The van der Waals surface area contributed by atoms with E-state index in [0.29, 0.717) is 5.75 Å². The molecule has 1 aromatic carbocycles. The van der Waals surface area contributed by atoms with E-state index in [9.17, 15) is 9.18 Å². The molecule has 0 radical (unpaired) electrons. The third kappa shape index (κ3) is 2.50. The predicted molar refractivity (Wildman–Crippen MR) is 56.2 cm³/mol. The highest BCUT2D eigenvalue weighted by Crippen LogP contribution is 2.32. The molecule has 0 unspecified atom stereocenters. The van der Waals surface area contributed by atoms with Crippen molar-refractivity contribution in [1.82, 2.24) is 0 Å². The number of carbonyl (C=O) groups is 1. The number of carboxylic acid groups (broad SMARTS) is 1. The van der Waals surface area contributed by atoms with Crippen LogP contribution in [0.4, 0.5) is 4.39 Å². The summed E-state index contributed by atoms with van der Waals surface area (Å²) in [5.74, 6) is -1.41. The molecule has 0 aliphatic rings. The smallest absolute Gasteiger partial charge is 0.328 e. The summed E-state index contributed by atoms with van der Waals surface area (Å²) in [5, 5.41) is 8.51. The number of hydrogen-bond acceptors (Lipinski definition) is 3. The number of hydrogen-bond donors (Lipinski definition) is 1. The molecule has 86 valence electrons. The Balaban J connectivity index is 3.30. The Morgan fingerprint density at radius 2 is 2.06 bits per heavy atom. The van der Waals surface area contributed by atoms with E-state index in [1.54, 1.807) is 0 Å². The summed E-state index contributed by atoms with van der Waals surface area (Å²) in [6.45, 7) is 0. The molecule has 0 spiro atoms. The van der Waals surface area contributed by atoms with Gasteiger partial charge < -0.3 is 14.6 Å². The molecule has 0 heterocycles. The van der Waals surface area contributed by atoms with Crippen molar-refractivity contribution < 1.29 is 23.8 Å². The van der Waals surface area contributed by atoms with Crippen LogP contribution in [0.25, 0.3) is 6.08 Å². The second-order valence-corrected chi connectivity index (χ2v) is 2.87. The standard InChI is InChI=1S/C11H11FO4/c1-15-9-5-4-8(12)11(16-2)7(9)3-6-10(13)14/h3-6H,1-2H3,(H,13,14)/b6-3+. The van der Waals surface area contributed by atoms with Gasteiger partial charge in [-0.1, -0.05) is 0 Å². The van der Waals surface area contributed by atoms with Gasteiger partial charge in [-0.25, -0.2) is 9.18 Å². The minimum atomic E-state index is -1.13. The van der Waals surface area contributed by atoms with Crippen LogP contribution in [0.1, 0.15) is 5.56 Å². The van der Waals surface area contributed by atoms with Gasteiger partial charge in [-0.3, -0.25) is 0 Å². The molecule has 0 aliphatic carbocycles. The lowest BCUT2D eigenvalue weighted by molar-refractivity contribution is -0.131. The Hall–Kier alpha value is -2.04. The van der Waals surface area contributed by atoms with Crippen molar-refractivity contribution >= 4 is 12.0 Å². The zero-order valence-electron chi connectivity index (χ0n) is 8.86. The van der Waals surface area contributed by atoms with Crippen LogP contribution in [-0.2, 0) is 4.79 Å². The van der Waals surface area contributed by atoms with E-state index in [4.69, 9.17) is 14.6 Å². The molecule has 0 aliphatic heterocycles. The van der Waals surface area contributed by atoms with E-state index in [0.717, 1.165) is 6.08 Å². The van der Waals surface area contributed by atoms with E-state index in [-0.39, 0.29) is 11.3 Å². The van der Waals surface area contributed by atoms with Gasteiger partial charge in [0.1, 0.15) is 5.75 Å². The van der Waals surface area contributed by atoms with Crippen molar-refractivity contribution in [3.63, 3.8) is 0 Å². The third-order valence-electron chi connectivity index (χ3n) is 1.92. The van der Waals surface area contributed by atoms with Crippen LogP contribution in [-0.4, -0.2) is 25.3 Å². The summed E-state index contributed by atoms with van der Waals surface area (Å²) in [5.41, 5.74) is 0.257. The molecule has 0 aromatic heterocycles. The first-order valence-electron chi connectivity index (χ1n) is 4.41. The van der Waals surface area contributed by atoms with E-state index in [2.05, 4.69) is 0 Å². The van der Waals surface area contributed by atoms with Gasteiger partial charge >= 0.3 is 5.97 Å². The highest BCUT2D eigenvalue weighted by Gasteiger charge is 2.12. The minimum Gasteiger partial charge on any atom is -0.496 e. The Morgan fingerprint density at radius 1 is 1.38 bits per heavy atom. The number of methoxy groups -OCH3 is 2. The Labute approximate surface area is 91.9 Å². The van der Waals surface area contributed by atoms with Crippen molar-refractivity contribution in [1.29, 1.82) is 0 Å². The largest absolute Gasteiger partial charge is 0.496 e. The fraction of sp³-hybridized carbons (Fsp3) is 0.182. The second-order valence-electron chi connectivity index (χ2n) is 2.87. The molecule has 4 nitrogen and oxygen atoms in total. The van der Waals surface area contributed by atoms with Crippen molar-refractivity contribution in [3.8, 4) is 11.5 Å². The molecule has 0 bridgehead atoms. The first kappa shape index (κ1) is 12.0. The quantitative estimate of drug-likeness (QED) is 0.797. The lowest BCUT2D eigenvalue weighted by Gasteiger charge is -2.10. The fourth-order valence-corrected chi connectivity index (χ4v) is 1.25. The first-order chi connectivity index (χ1) is 7.60. The van der Waals surface area contributed by atoms with Crippen LogP contribution < -0.4 is 9.47 Å². The Morgan fingerprint density at radius 3 is 2.56 bits per heavy atom. The van der Waals surface area contributed by atoms with Gasteiger partial charge in [-0.05, 0) is 18.2 Å². The molecule has 0 saturated heterocycles. The summed E-state index contributed by atoms with van der Waals surface area (Å²) in [4.78, 5) is 10.4. The maximum Gasteiger partial charge on any atom is 0.328 e. The van der Waals surface area contributed by atoms with Gasteiger partial charge in [0, 0.05) is 6.08 Å². The van der Waals surface area contributed by atoms with Crippen LogP contribution in [0.2, 0.25) is 0 Å². The monoisotopic (exact) mass is 226 g/mol. The summed E-state index contributed by atoms with van der Waals surface area (Å²) in [6.07, 6.45) is 2.11. The lowest BCUT2D eigenvalue weighted by atomic mass is 10.1. The summed E-state index contributed by atoms with van der Waals surface area (Å²) in [6, 6.07) is 2.59. The van der Waals surface area contributed by atoms with Crippen molar-refractivity contribution in [2.75, 3.05) is 14.2 Å². The molecule has 5 heteroatoms. The van der Waals surface area contributed by atoms with Crippen molar-refractivity contribution in [3.05, 3.63) is 29.6 Å². The van der Waals surface area contributed by atoms with E-state index < -0.39 is 11.8 Å². The molecule has 0 amide bonds.